The number of quaternary nitrogens is 1. The van der Waals surface area contributed by atoms with Gasteiger partial charge >= 0.3 is 0 Å². The van der Waals surface area contributed by atoms with Gasteiger partial charge < -0.3 is 15.8 Å². The minimum Gasteiger partial charge on any atom is -0.496 e. The number of ether oxygens (including phenoxy) is 1. The highest BCUT2D eigenvalue weighted by Gasteiger charge is 2.30. The molecule has 0 aromatic heterocycles. The minimum absolute atomic E-state index is 0.0454. The number of nitrogens with one attached hydrogen (secondary N) is 1. The average Bonchev–Trinajstić information content (AvgIpc) is 3.38. The fraction of sp³-hybridized carbons (Fsp3) is 0.321. The van der Waals surface area contributed by atoms with Gasteiger partial charge in [-0.3, -0.25) is 15.1 Å². The molecular weight excluding hydrogens is 471 g/mol. The monoisotopic (exact) mass is 504 g/mol. The second kappa shape index (κ2) is 10.8. The van der Waals surface area contributed by atoms with Crippen LogP contribution in [0.3, 0.4) is 0 Å². The van der Waals surface area contributed by atoms with Gasteiger partial charge in [-0.1, -0.05) is 29.4 Å². The number of nitrogens with two attached hydrogens (primary N) is 3. The Bertz CT molecular complexity index is 1400. The smallest absolute Gasteiger partial charge is 0.251 e. The molecule has 1 saturated heterocycles. The van der Waals surface area contributed by atoms with Gasteiger partial charge in [0.1, 0.15) is 23.1 Å². The van der Waals surface area contributed by atoms with Crippen LogP contribution in [0.4, 0.5) is 4.39 Å². The van der Waals surface area contributed by atoms with Gasteiger partial charge in [-0.2, -0.15) is 5.43 Å². The zero-order valence-corrected chi connectivity index (χ0v) is 20.9. The predicted molar refractivity (Wildman–Crippen MR) is 138 cm³/mol. The number of amides is 1. The molecular formula is C28H33FN6O2+2. The van der Waals surface area contributed by atoms with Crippen LogP contribution in [0, 0.1) is 11.7 Å². The second-order valence-electron chi connectivity index (χ2n) is 9.73. The fourth-order valence-electron chi connectivity index (χ4n) is 5.21. The van der Waals surface area contributed by atoms with Gasteiger partial charge in [-0.05, 0) is 49.7 Å². The van der Waals surface area contributed by atoms with Crippen molar-refractivity contribution in [3.05, 3.63) is 87.7 Å². The van der Waals surface area contributed by atoms with Gasteiger partial charge in [0.05, 0.1) is 18.2 Å². The highest BCUT2D eigenvalue weighted by atomic mass is 19.1. The Morgan fingerprint density at radius 3 is 3.05 bits per heavy atom. The predicted octanol–water partition coefficient (Wildman–Crippen LogP) is -1.55. The normalized spacial score (nSPS) is 22.9. The summed E-state index contributed by atoms with van der Waals surface area (Å²) in [6, 6.07) is 10.3. The van der Waals surface area contributed by atoms with Crippen LogP contribution in [0.2, 0.25) is 0 Å². The van der Waals surface area contributed by atoms with Crippen LogP contribution >= 0.6 is 0 Å². The summed E-state index contributed by atoms with van der Waals surface area (Å²) in [5.74, 6) is -0.212. The van der Waals surface area contributed by atoms with E-state index in [-0.39, 0.29) is 29.7 Å². The number of hydrogen-bond donors (Lipinski definition) is 4. The van der Waals surface area contributed by atoms with Crippen molar-refractivity contribution in [1.29, 1.82) is 0 Å². The average molecular weight is 505 g/mol. The molecule has 2 aromatic rings. The number of likely N-dealkylation sites (tertiary alicyclic amines) is 1. The Balaban J connectivity index is 1.25. The van der Waals surface area contributed by atoms with Crippen LogP contribution < -0.4 is 37.2 Å². The van der Waals surface area contributed by atoms with Crippen LogP contribution in [0.5, 0.6) is 5.75 Å². The van der Waals surface area contributed by atoms with E-state index in [0.717, 1.165) is 35.5 Å². The summed E-state index contributed by atoms with van der Waals surface area (Å²) >= 11 is 0. The molecule has 2 heterocycles. The molecule has 0 radical (unpaired) electrons. The van der Waals surface area contributed by atoms with Crippen molar-refractivity contribution in [2.45, 2.75) is 31.5 Å². The summed E-state index contributed by atoms with van der Waals surface area (Å²) in [6.07, 6.45) is 9.15. The van der Waals surface area contributed by atoms with Crippen LogP contribution in [0.15, 0.2) is 65.3 Å². The number of carbonyl (C=O) groups is 1. The number of carbonyl (C=O) groups excluding carboxylic acids is 1. The SMILES string of the molecule is COc1cccc(F)c1CN1CCCC(NC(=O)C2=CC(C(=[NH2+])c3ccc4c(c3)=C[NH2+]N=4)C(N)C=C2)C1. The first-order valence-electron chi connectivity index (χ1n) is 12.6. The van der Waals surface area contributed by atoms with E-state index >= 15 is 0 Å². The first kappa shape index (κ1) is 25.0. The fourth-order valence-corrected chi connectivity index (χ4v) is 5.21. The van der Waals surface area contributed by atoms with Crippen molar-refractivity contribution < 1.29 is 24.8 Å². The zero-order chi connectivity index (χ0) is 25.9. The van der Waals surface area contributed by atoms with Crippen molar-refractivity contribution in [2.75, 3.05) is 20.2 Å². The Labute approximate surface area is 214 Å². The number of halogens is 1. The van der Waals surface area contributed by atoms with Crippen molar-refractivity contribution in [2.24, 2.45) is 16.8 Å². The Morgan fingerprint density at radius 2 is 2.22 bits per heavy atom. The molecule has 5 rings (SSSR count). The summed E-state index contributed by atoms with van der Waals surface area (Å²) in [5.41, 5.74) is 10.7. The van der Waals surface area contributed by atoms with E-state index < -0.39 is 0 Å². The number of benzene rings is 2. The van der Waals surface area contributed by atoms with E-state index in [2.05, 4.69) is 15.3 Å². The molecule has 1 amide bonds. The molecule has 3 unspecified atom stereocenters. The molecule has 9 heteroatoms. The van der Waals surface area contributed by atoms with Crippen molar-refractivity contribution in [1.82, 2.24) is 10.2 Å². The summed E-state index contributed by atoms with van der Waals surface area (Å²) in [6.45, 7) is 1.89. The summed E-state index contributed by atoms with van der Waals surface area (Å²) in [4.78, 5) is 15.4. The molecule has 0 spiro atoms. The minimum atomic E-state index is -0.328. The molecule has 2 aromatic carbocycles. The molecule has 37 heavy (non-hydrogen) atoms. The van der Waals surface area contributed by atoms with Crippen molar-refractivity contribution >= 4 is 17.8 Å². The van der Waals surface area contributed by atoms with Crippen molar-refractivity contribution in [3.8, 4) is 5.75 Å². The third kappa shape index (κ3) is 5.39. The molecule has 2 aliphatic heterocycles. The largest absolute Gasteiger partial charge is 0.496 e. The summed E-state index contributed by atoms with van der Waals surface area (Å²) < 4.78 is 19.8. The lowest BCUT2D eigenvalue weighted by molar-refractivity contribution is -0.559. The maximum atomic E-state index is 14.4. The van der Waals surface area contributed by atoms with E-state index in [0.29, 0.717) is 35.7 Å². The molecule has 1 aliphatic carbocycles. The van der Waals surface area contributed by atoms with Gasteiger partial charge in [0.15, 0.2) is 5.71 Å². The van der Waals surface area contributed by atoms with Crippen LogP contribution in [-0.2, 0) is 11.3 Å². The van der Waals surface area contributed by atoms with E-state index in [1.165, 1.54) is 6.07 Å². The van der Waals surface area contributed by atoms with Gasteiger partial charge in [0, 0.05) is 41.9 Å². The third-order valence-electron chi connectivity index (χ3n) is 7.24. The molecule has 1 fully saturated rings. The number of rotatable bonds is 7. The maximum absolute atomic E-state index is 14.4. The molecule has 0 bridgehead atoms. The lowest BCUT2D eigenvalue weighted by atomic mass is 9.85. The van der Waals surface area contributed by atoms with Crippen LogP contribution in [-0.4, -0.2) is 48.8 Å². The highest BCUT2D eigenvalue weighted by Crippen LogP contribution is 2.25. The second-order valence-corrected chi connectivity index (χ2v) is 9.73. The van der Waals surface area contributed by atoms with E-state index in [9.17, 15) is 9.18 Å². The summed E-state index contributed by atoms with van der Waals surface area (Å²) in [7, 11) is 1.55. The highest BCUT2D eigenvalue weighted by molar-refractivity contribution is 6.02. The number of hydrogen-bond acceptors (Lipinski definition) is 5. The van der Waals surface area contributed by atoms with E-state index in [4.69, 9.17) is 15.9 Å². The molecule has 8 nitrogen and oxygen atoms in total. The maximum Gasteiger partial charge on any atom is 0.251 e. The summed E-state index contributed by atoms with van der Waals surface area (Å²) in [5, 5.41) is 15.9. The van der Waals surface area contributed by atoms with Gasteiger partial charge in [-0.15, -0.1) is 0 Å². The Hall–Kier alpha value is -3.66. The molecule has 0 saturated carbocycles. The quantitative estimate of drug-likeness (QED) is 0.270. The third-order valence-corrected chi connectivity index (χ3v) is 7.24. The van der Waals surface area contributed by atoms with E-state index in [1.54, 1.807) is 30.7 Å². The lowest BCUT2D eigenvalue weighted by Crippen LogP contribution is -2.69. The molecule has 3 aliphatic rings. The van der Waals surface area contributed by atoms with Gasteiger partial charge in [0.2, 0.25) is 0 Å². The number of piperidine rings is 1. The standard InChI is InChI=1S/C28H31FN6O2/c1-37-26-6-2-5-23(29)22(26)16-35-11-3-4-20(15-35)33-28(36)18-7-9-24(30)21(13-18)27(31)17-8-10-25-19(12-17)14-32-34-25/h2,5-10,12-14,20-21,24,31H,3-4,11,15-16,30H2,1H3,(H,32,34)(H,33,36)/p+2. The number of methoxy groups -OCH3 is 1. The van der Waals surface area contributed by atoms with Gasteiger partial charge in [-0.25, -0.2) is 4.39 Å². The first-order chi connectivity index (χ1) is 17.9. The molecule has 192 valence electrons. The van der Waals surface area contributed by atoms with Crippen LogP contribution in [0.25, 0.3) is 6.20 Å². The topological polar surface area (TPSA) is 122 Å². The lowest BCUT2D eigenvalue weighted by Gasteiger charge is -2.33. The Morgan fingerprint density at radius 1 is 1.35 bits per heavy atom. The molecule has 3 atom stereocenters. The van der Waals surface area contributed by atoms with E-state index in [1.807, 2.05) is 36.6 Å². The number of nitrogens with zero attached hydrogens (tertiary/aromatic N) is 2. The number of fused-ring (bicyclic) bond motifs is 1. The zero-order valence-electron chi connectivity index (χ0n) is 20.9. The first-order valence-corrected chi connectivity index (χ1v) is 12.6. The molecule has 7 N–H and O–H groups in total. The van der Waals surface area contributed by atoms with Crippen LogP contribution in [0.1, 0.15) is 24.0 Å². The van der Waals surface area contributed by atoms with Crippen molar-refractivity contribution in [3.63, 3.8) is 0 Å². The Kier molecular flexibility index (Phi) is 7.27. The van der Waals surface area contributed by atoms with Gasteiger partial charge in [0.25, 0.3) is 5.91 Å².